The van der Waals surface area contributed by atoms with Gasteiger partial charge in [0.1, 0.15) is 23.0 Å². The van der Waals surface area contributed by atoms with Crippen molar-refractivity contribution in [3.05, 3.63) is 17.7 Å². The van der Waals surface area contributed by atoms with Gasteiger partial charge in [0, 0.05) is 25.6 Å². The van der Waals surface area contributed by atoms with E-state index in [4.69, 9.17) is 0 Å². The van der Waals surface area contributed by atoms with E-state index in [1.54, 1.807) is 18.1 Å². The molecule has 0 spiro atoms. The Morgan fingerprint density at radius 1 is 1.24 bits per heavy atom. The van der Waals surface area contributed by atoms with E-state index < -0.39 is 0 Å². The van der Waals surface area contributed by atoms with Gasteiger partial charge in [-0.2, -0.15) is 0 Å². The molecule has 112 valence electrons. The molecule has 0 fully saturated rings. The Bertz CT molecular complexity index is 624. The molecule has 0 radical (unpaired) electrons. The van der Waals surface area contributed by atoms with E-state index in [0.717, 1.165) is 46.8 Å². The van der Waals surface area contributed by atoms with Crippen LogP contribution in [0.5, 0.6) is 0 Å². The van der Waals surface area contributed by atoms with Crippen LogP contribution in [0.3, 0.4) is 0 Å². The molecule has 1 aliphatic rings. The molecule has 6 nitrogen and oxygen atoms in total. The van der Waals surface area contributed by atoms with E-state index in [2.05, 4.69) is 37.0 Å². The van der Waals surface area contributed by atoms with Gasteiger partial charge in [-0.05, 0) is 31.0 Å². The highest BCUT2D eigenvalue weighted by Gasteiger charge is 2.18. The standard InChI is InChI=1S/C14H20N6S/c1-3-10-12(15-2)16-9-17-13(10)21-14-19-18-11-7-5-4-6-8-20(11)14/h9H,3-8H2,1-2H3,(H,15,16,17). The van der Waals surface area contributed by atoms with Gasteiger partial charge in [0.2, 0.25) is 0 Å². The zero-order chi connectivity index (χ0) is 14.7. The third-order valence-corrected chi connectivity index (χ3v) is 4.79. The summed E-state index contributed by atoms with van der Waals surface area (Å²) in [5.74, 6) is 2.00. The molecule has 2 aromatic rings. The number of nitrogens with one attached hydrogen (secondary N) is 1. The van der Waals surface area contributed by atoms with Crippen molar-refractivity contribution in [3.8, 4) is 0 Å². The van der Waals surface area contributed by atoms with Crippen LogP contribution in [-0.4, -0.2) is 31.8 Å². The van der Waals surface area contributed by atoms with Crippen LogP contribution < -0.4 is 5.32 Å². The minimum atomic E-state index is 0.889. The Morgan fingerprint density at radius 3 is 2.95 bits per heavy atom. The lowest BCUT2D eigenvalue weighted by molar-refractivity contribution is 0.590. The van der Waals surface area contributed by atoms with Gasteiger partial charge in [-0.1, -0.05) is 13.3 Å². The molecule has 0 atom stereocenters. The maximum Gasteiger partial charge on any atom is 0.197 e. The molecule has 21 heavy (non-hydrogen) atoms. The number of nitrogens with zero attached hydrogens (tertiary/aromatic N) is 5. The molecule has 0 amide bonds. The fourth-order valence-electron chi connectivity index (χ4n) is 2.64. The molecule has 0 aromatic carbocycles. The second kappa shape index (κ2) is 6.43. The Kier molecular flexibility index (Phi) is 4.38. The number of hydrogen-bond acceptors (Lipinski definition) is 6. The second-order valence-corrected chi connectivity index (χ2v) is 6.03. The SMILES string of the molecule is CCc1c(NC)ncnc1Sc1nnc2n1CCCCC2. The molecular formula is C14H20N6S. The van der Waals surface area contributed by atoms with Crippen molar-refractivity contribution in [2.24, 2.45) is 0 Å². The summed E-state index contributed by atoms with van der Waals surface area (Å²) in [6.07, 6.45) is 7.20. The largest absolute Gasteiger partial charge is 0.373 e. The van der Waals surface area contributed by atoms with Crippen LogP contribution in [0.2, 0.25) is 0 Å². The van der Waals surface area contributed by atoms with Crippen LogP contribution >= 0.6 is 11.8 Å². The Balaban J connectivity index is 1.92. The molecule has 0 aliphatic carbocycles. The molecule has 7 heteroatoms. The first kappa shape index (κ1) is 14.3. The summed E-state index contributed by atoms with van der Waals surface area (Å²) in [6, 6.07) is 0. The maximum absolute atomic E-state index is 4.44. The zero-order valence-corrected chi connectivity index (χ0v) is 13.3. The molecule has 1 N–H and O–H groups in total. The van der Waals surface area contributed by atoms with Crippen molar-refractivity contribution in [3.63, 3.8) is 0 Å². The summed E-state index contributed by atoms with van der Waals surface area (Å²) >= 11 is 1.60. The van der Waals surface area contributed by atoms with Crippen LogP contribution in [0.4, 0.5) is 5.82 Å². The van der Waals surface area contributed by atoms with Gasteiger partial charge >= 0.3 is 0 Å². The number of fused-ring (bicyclic) bond motifs is 1. The number of anilines is 1. The third kappa shape index (κ3) is 2.88. The first-order chi connectivity index (χ1) is 10.3. The lowest BCUT2D eigenvalue weighted by Crippen LogP contribution is -2.04. The molecule has 0 saturated heterocycles. The summed E-state index contributed by atoms with van der Waals surface area (Å²) in [5.41, 5.74) is 1.14. The maximum atomic E-state index is 4.44. The highest BCUT2D eigenvalue weighted by atomic mass is 32.2. The fourth-order valence-corrected chi connectivity index (χ4v) is 3.66. The molecule has 3 rings (SSSR count). The quantitative estimate of drug-likeness (QED) is 0.876. The van der Waals surface area contributed by atoms with E-state index in [9.17, 15) is 0 Å². The van der Waals surface area contributed by atoms with Gasteiger partial charge in [0.15, 0.2) is 5.16 Å². The van der Waals surface area contributed by atoms with Gasteiger partial charge in [0.05, 0.1) is 0 Å². The van der Waals surface area contributed by atoms with Crippen molar-refractivity contribution >= 4 is 17.6 Å². The highest BCUT2D eigenvalue weighted by Crippen LogP contribution is 2.31. The van der Waals surface area contributed by atoms with Crippen LogP contribution in [0, 0.1) is 0 Å². The summed E-state index contributed by atoms with van der Waals surface area (Å²) in [7, 11) is 1.89. The first-order valence-corrected chi connectivity index (χ1v) is 8.26. The second-order valence-electron chi connectivity index (χ2n) is 5.07. The molecule has 3 heterocycles. The van der Waals surface area contributed by atoms with Crippen LogP contribution in [0.25, 0.3) is 0 Å². The topological polar surface area (TPSA) is 68.5 Å². The van der Waals surface area contributed by atoms with Crippen molar-refractivity contribution in [1.82, 2.24) is 24.7 Å². The lowest BCUT2D eigenvalue weighted by atomic mass is 10.2. The van der Waals surface area contributed by atoms with Crippen molar-refractivity contribution < 1.29 is 0 Å². The minimum Gasteiger partial charge on any atom is -0.373 e. The monoisotopic (exact) mass is 304 g/mol. The number of rotatable bonds is 4. The number of aromatic nitrogens is 5. The predicted octanol–water partition coefficient (Wildman–Crippen LogP) is 2.55. The summed E-state index contributed by atoms with van der Waals surface area (Å²) in [6.45, 7) is 3.13. The summed E-state index contributed by atoms with van der Waals surface area (Å²) in [4.78, 5) is 8.72. The Morgan fingerprint density at radius 2 is 2.14 bits per heavy atom. The van der Waals surface area contributed by atoms with Crippen molar-refractivity contribution in [1.29, 1.82) is 0 Å². The van der Waals surface area contributed by atoms with E-state index in [0.29, 0.717) is 0 Å². The Labute approximate surface area is 128 Å². The number of aryl methyl sites for hydroxylation is 1. The highest BCUT2D eigenvalue weighted by molar-refractivity contribution is 7.99. The van der Waals surface area contributed by atoms with E-state index in [-0.39, 0.29) is 0 Å². The lowest BCUT2D eigenvalue weighted by Gasteiger charge is -2.11. The third-order valence-electron chi connectivity index (χ3n) is 3.76. The van der Waals surface area contributed by atoms with Gasteiger partial charge in [-0.3, -0.25) is 0 Å². The van der Waals surface area contributed by atoms with Gasteiger partial charge in [-0.15, -0.1) is 10.2 Å². The number of hydrogen-bond donors (Lipinski definition) is 1. The summed E-state index contributed by atoms with van der Waals surface area (Å²) in [5, 5.41) is 13.8. The van der Waals surface area contributed by atoms with Gasteiger partial charge in [-0.25, -0.2) is 9.97 Å². The van der Waals surface area contributed by atoms with Crippen molar-refractivity contribution in [2.75, 3.05) is 12.4 Å². The van der Waals surface area contributed by atoms with E-state index in [1.807, 2.05) is 7.05 Å². The van der Waals surface area contributed by atoms with E-state index >= 15 is 0 Å². The average molecular weight is 304 g/mol. The van der Waals surface area contributed by atoms with Crippen molar-refractivity contribution in [2.45, 2.75) is 55.8 Å². The molecule has 2 aromatic heterocycles. The molecule has 0 bridgehead atoms. The Hall–Kier alpha value is -1.63. The fraction of sp³-hybridized carbons (Fsp3) is 0.571. The molecule has 1 aliphatic heterocycles. The minimum absolute atomic E-state index is 0.889. The van der Waals surface area contributed by atoms with E-state index in [1.165, 1.54) is 19.3 Å². The van der Waals surface area contributed by atoms with Crippen LogP contribution in [0.1, 0.15) is 37.6 Å². The van der Waals surface area contributed by atoms with Gasteiger partial charge in [0.25, 0.3) is 0 Å². The first-order valence-electron chi connectivity index (χ1n) is 7.45. The summed E-state index contributed by atoms with van der Waals surface area (Å²) < 4.78 is 2.25. The van der Waals surface area contributed by atoms with Crippen LogP contribution in [0.15, 0.2) is 16.5 Å². The zero-order valence-electron chi connectivity index (χ0n) is 12.5. The predicted molar refractivity (Wildman–Crippen MR) is 82.7 cm³/mol. The average Bonchev–Trinajstić information content (AvgIpc) is 2.74. The van der Waals surface area contributed by atoms with Gasteiger partial charge < -0.3 is 9.88 Å². The molecule has 0 unspecified atom stereocenters. The smallest absolute Gasteiger partial charge is 0.197 e. The molecule has 0 saturated carbocycles. The normalized spacial score (nSPS) is 14.6. The van der Waals surface area contributed by atoms with Crippen LogP contribution in [-0.2, 0) is 19.4 Å². The molecular weight excluding hydrogens is 284 g/mol.